The molecule has 156 valence electrons. The fourth-order valence-corrected chi connectivity index (χ4v) is 2.22. The van der Waals surface area contributed by atoms with Crippen molar-refractivity contribution in [3.63, 3.8) is 0 Å². The first-order valence-electron chi connectivity index (χ1n) is 8.59. The molecule has 8 N–H and O–H groups in total. The van der Waals surface area contributed by atoms with Gasteiger partial charge in [-0.25, -0.2) is 9.78 Å². The highest BCUT2D eigenvalue weighted by Gasteiger charge is 2.27. The van der Waals surface area contributed by atoms with Crippen LogP contribution < -0.4 is 21.7 Å². The third-order valence-electron chi connectivity index (χ3n) is 3.82. The highest BCUT2D eigenvalue weighted by Crippen LogP contribution is 2.02. The van der Waals surface area contributed by atoms with Gasteiger partial charge in [0.15, 0.2) is 0 Å². The SMILES string of the molecule is CC(C)C(NC(=O)C(N)CO)C(=O)NCC(=O)NC(Cc1cnc[nH]1)C(=O)O. The Morgan fingerprint density at radius 3 is 2.39 bits per heavy atom. The molecule has 0 spiro atoms. The van der Waals surface area contributed by atoms with Crippen molar-refractivity contribution in [2.45, 2.75) is 38.4 Å². The van der Waals surface area contributed by atoms with Crippen molar-refractivity contribution in [1.82, 2.24) is 25.9 Å². The van der Waals surface area contributed by atoms with Crippen LogP contribution in [0, 0.1) is 5.92 Å². The van der Waals surface area contributed by atoms with Gasteiger partial charge in [-0.05, 0) is 5.92 Å². The fourth-order valence-electron chi connectivity index (χ4n) is 2.22. The van der Waals surface area contributed by atoms with E-state index in [1.165, 1.54) is 12.5 Å². The average Bonchev–Trinajstić information content (AvgIpc) is 3.15. The second-order valence-electron chi connectivity index (χ2n) is 6.48. The van der Waals surface area contributed by atoms with Gasteiger partial charge >= 0.3 is 5.97 Å². The number of carboxylic acid groups (broad SMARTS) is 1. The van der Waals surface area contributed by atoms with E-state index in [1.807, 2.05) is 0 Å². The zero-order chi connectivity index (χ0) is 21.3. The number of amides is 3. The predicted octanol–water partition coefficient (Wildman–Crippen LogP) is -2.90. The Bertz CT molecular complexity index is 677. The number of aliphatic hydroxyl groups excluding tert-OH is 1. The number of aliphatic hydroxyl groups is 1. The number of rotatable bonds is 11. The Labute approximate surface area is 161 Å². The number of aliphatic carboxylic acids is 1. The van der Waals surface area contributed by atoms with Gasteiger partial charge in [0.25, 0.3) is 0 Å². The molecule has 0 aliphatic rings. The van der Waals surface area contributed by atoms with Crippen LogP contribution in [-0.4, -0.2) is 75.1 Å². The van der Waals surface area contributed by atoms with Gasteiger partial charge in [-0.1, -0.05) is 13.8 Å². The average molecular weight is 398 g/mol. The van der Waals surface area contributed by atoms with Crippen LogP contribution in [0.1, 0.15) is 19.5 Å². The summed E-state index contributed by atoms with van der Waals surface area (Å²) in [5.41, 5.74) is 5.93. The van der Waals surface area contributed by atoms with Crippen LogP contribution >= 0.6 is 0 Å². The molecule has 3 amide bonds. The van der Waals surface area contributed by atoms with Crippen molar-refractivity contribution in [2.75, 3.05) is 13.2 Å². The molecular formula is C16H26N6O6. The molecule has 1 aromatic rings. The number of hydrogen-bond acceptors (Lipinski definition) is 7. The third-order valence-corrected chi connectivity index (χ3v) is 3.82. The van der Waals surface area contributed by atoms with Gasteiger partial charge < -0.3 is 36.9 Å². The van der Waals surface area contributed by atoms with Crippen molar-refractivity contribution >= 4 is 23.7 Å². The smallest absolute Gasteiger partial charge is 0.326 e. The molecule has 0 saturated heterocycles. The number of aromatic amines is 1. The number of carbonyl (C=O) groups is 4. The number of carboxylic acids is 1. The summed E-state index contributed by atoms with van der Waals surface area (Å²) in [6.45, 7) is 2.31. The number of H-pyrrole nitrogens is 1. The van der Waals surface area contributed by atoms with E-state index in [0.717, 1.165) is 0 Å². The zero-order valence-electron chi connectivity index (χ0n) is 15.6. The van der Waals surface area contributed by atoms with Gasteiger partial charge in [-0.3, -0.25) is 14.4 Å². The summed E-state index contributed by atoms with van der Waals surface area (Å²) in [5.74, 6) is -3.60. The minimum Gasteiger partial charge on any atom is -0.480 e. The molecule has 0 aromatic carbocycles. The topological polar surface area (TPSA) is 200 Å². The second-order valence-corrected chi connectivity index (χ2v) is 6.48. The number of nitrogens with two attached hydrogens (primary N) is 1. The summed E-state index contributed by atoms with van der Waals surface area (Å²) in [5, 5.41) is 25.2. The number of imidazole rings is 1. The number of hydrogen-bond donors (Lipinski definition) is 7. The van der Waals surface area contributed by atoms with E-state index < -0.39 is 55.0 Å². The number of carbonyl (C=O) groups excluding carboxylic acids is 3. The van der Waals surface area contributed by atoms with Crippen LogP contribution in [0.4, 0.5) is 0 Å². The largest absolute Gasteiger partial charge is 0.480 e. The molecule has 12 nitrogen and oxygen atoms in total. The Morgan fingerprint density at radius 1 is 1.21 bits per heavy atom. The van der Waals surface area contributed by atoms with Crippen LogP contribution in [0.3, 0.4) is 0 Å². The van der Waals surface area contributed by atoms with Crippen molar-refractivity contribution in [2.24, 2.45) is 11.7 Å². The summed E-state index contributed by atoms with van der Waals surface area (Å²) in [6, 6.07) is -3.35. The fraction of sp³-hybridized carbons (Fsp3) is 0.562. The summed E-state index contributed by atoms with van der Waals surface area (Å²) in [7, 11) is 0. The minimum absolute atomic E-state index is 0.00125. The van der Waals surface area contributed by atoms with Crippen LogP contribution in [0.5, 0.6) is 0 Å². The first kappa shape index (κ1) is 23.0. The lowest BCUT2D eigenvalue weighted by atomic mass is 10.0. The van der Waals surface area contributed by atoms with E-state index in [1.54, 1.807) is 13.8 Å². The van der Waals surface area contributed by atoms with Gasteiger partial charge in [0.2, 0.25) is 17.7 Å². The number of nitrogens with zero attached hydrogens (tertiary/aromatic N) is 1. The standard InChI is InChI=1S/C16H26N6O6/c1-8(2)13(22-14(25)10(17)6-23)15(26)19-5-12(24)21-11(16(27)28)3-9-4-18-7-20-9/h4,7-8,10-11,13,23H,3,5-6,17H2,1-2H3,(H,18,20)(H,19,26)(H,21,24)(H,22,25)(H,27,28). The maximum atomic E-state index is 12.3. The van der Waals surface area contributed by atoms with E-state index in [2.05, 4.69) is 25.9 Å². The third kappa shape index (κ3) is 7.32. The van der Waals surface area contributed by atoms with Gasteiger partial charge in [0.1, 0.15) is 18.1 Å². The number of aromatic nitrogens is 2. The van der Waals surface area contributed by atoms with Crippen molar-refractivity contribution in [3.8, 4) is 0 Å². The quantitative estimate of drug-likeness (QED) is 0.206. The van der Waals surface area contributed by atoms with Crippen molar-refractivity contribution in [3.05, 3.63) is 18.2 Å². The minimum atomic E-state index is -1.24. The van der Waals surface area contributed by atoms with Crippen molar-refractivity contribution in [1.29, 1.82) is 0 Å². The lowest BCUT2D eigenvalue weighted by molar-refractivity contribution is -0.141. The molecule has 0 saturated carbocycles. The van der Waals surface area contributed by atoms with Crippen LogP contribution in [0.2, 0.25) is 0 Å². The highest BCUT2D eigenvalue weighted by molar-refractivity contribution is 5.92. The second kappa shape index (κ2) is 11.0. The lowest BCUT2D eigenvalue weighted by Gasteiger charge is -2.23. The highest BCUT2D eigenvalue weighted by atomic mass is 16.4. The lowest BCUT2D eigenvalue weighted by Crippen LogP contribution is -2.56. The van der Waals surface area contributed by atoms with Gasteiger partial charge in [-0.2, -0.15) is 0 Å². The molecule has 0 fully saturated rings. The number of nitrogens with one attached hydrogen (secondary N) is 4. The molecule has 0 aliphatic heterocycles. The monoisotopic (exact) mass is 398 g/mol. The summed E-state index contributed by atoms with van der Waals surface area (Å²) in [4.78, 5) is 53.9. The Kier molecular flexibility index (Phi) is 9.05. The molecular weight excluding hydrogens is 372 g/mol. The normalized spacial score (nSPS) is 14.0. The first-order valence-corrected chi connectivity index (χ1v) is 8.59. The molecule has 0 aliphatic carbocycles. The van der Waals surface area contributed by atoms with E-state index in [4.69, 9.17) is 10.8 Å². The van der Waals surface area contributed by atoms with E-state index in [-0.39, 0.29) is 12.3 Å². The van der Waals surface area contributed by atoms with Crippen LogP contribution in [0.15, 0.2) is 12.5 Å². The first-order chi connectivity index (χ1) is 13.1. The van der Waals surface area contributed by atoms with Crippen molar-refractivity contribution < 1.29 is 29.4 Å². The molecule has 1 aromatic heterocycles. The molecule has 3 atom stereocenters. The Balaban J connectivity index is 2.59. The Hall–Kier alpha value is -2.99. The van der Waals surface area contributed by atoms with E-state index >= 15 is 0 Å². The zero-order valence-corrected chi connectivity index (χ0v) is 15.6. The molecule has 1 rings (SSSR count). The predicted molar refractivity (Wildman–Crippen MR) is 96.7 cm³/mol. The van der Waals surface area contributed by atoms with Crippen LogP contribution in [0.25, 0.3) is 0 Å². The van der Waals surface area contributed by atoms with Crippen LogP contribution in [-0.2, 0) is 25.6 Å². The summed E-state index contributed by atoms with van der Waals surface area (Å²) < 4.78 is 0. The van der Waals surface area contributed by atoms with Gasteiger partial charge in [-0.15, -0.1) is 0 Å². The van der Waals surface area contributed by atoms with E-state index in [0.29, 0.717) is 5.69 Å². The van der Waals surface area contributed by atoms with Gasteiger partial charge in [0.05, 0.1) is 19.5 Å². The maximum Gasteiger partial charge on any atom is 0.326 e. The molecule has 0 bridgehead atoms. The Morgan fingerprint density at radius 2 is 1.89 bits per heavy atom. The molecule has 12 heteroatoms. The summed E-state index contributed by atoms with van der Waals surface area (Å²) >= 11 is 0. The molecule has 3 unspecified atom stereocenters. The maximum absolute atomic E-state index is 12.3. The molecule has 0 radical (unpaired) electrons. The summed E-state index contributed by atoms with van der Waals surface area (Å²) in [6.07, 6.45) is 2.83. The van der Waals surface area contributed by atoms with Gasteiger partial charge in [0, 0.05) is 18.3 Å². The molecule has 1 heterocycles. The molecule has 28 heavy (non-hydrogen) atoms. The van der Waals surface area contributed by atoms with E-state index in [9.17, 15) is 24.3 Å².